The van der Waals surface area contributed by atoms with E-state index in [1.165, 1.54) is 5.56 Å². The summed E-state index contributed by atoms with van der Waals surface area (Å²) in [4.78, 5) is 25.7. The van der Waals surface area contributed by atoms with Crippen LogP contribution in [0, 0.1) is 0 Å². The number of aliphatic hydroxyl groups excluding tert-OH is 1. The van der Waals surface area contributed by atoms with Gasteiger partial charge in [0.25, 0.3) is 0 Å². The lowest BCUT2D eigenvalue weighted by molar-refractivity contribution is 0.00863. The normalized spacial score (nSPS) is 24.1. The summed E-state index contributed by atoms with van der Waals surface area (Å²) >= 11 is 0. The fraction of sp³-hybridized carbons (Fsp3) is 0.324. The van der Waals surface area contributed by atoms with Gasteiger partial charge >= 0.3 is 0 Å². The Kier molecular flexibility index (Phi) is 7.19. The van der Waals surface area contributed by atoms with Gasteiger partial charge in [0.2, 0.25) is 0 Å². The zero-order valence-electron chi connectivity index (χ0n) is 23.5. The number of aromatic nitrogens is 1. The minimum Gasteiger partial charge on any atom is -0.485 e. The molecule has 2 fully saturated rings. The summed E-state index contributed by atoms with van der Waals surface area (Å²) in [6, 6.07) is 25.9. The molecular formula is C34H33N3O5. The number of carbonyl (C=O) groups is 1. The molecule has 3 aliphatic rings. The van der Waals surface area contributed by atoms with Gasteiger partial charge in [-0.2, -0.15) is 0 Å². The first-order valence-electron chi connectivity index (χ1n) is 14.5. The van der Waals surface area contributed by atoms with Crippen LogP contribution in [0.15, 0.2) is 83.9 Å². The lowest BCUT2D eigenvalue weighted by Crippen LogP contribution is -2.41. The molecule has 8 nitrogen and oxygen atoms in total. The molecule has 0 amide bonds. The minimum atomic E-state index is -0.630. The Hall–Kier alpha value is -4.11. The molecule has 0 spiro atoms. The van der Waals surface area contributed by atoms with Crippen LogP contribution in [0.25, 0.3) is 10.9 Å². The van der Waals surface area contributed by atoms with Gasteiger partial charge in [-0.3, -0.25) is 9.78 Å². The number of carbonyl (C=O) groups excluding carboxylic acids is 1. The number of fused-ring (bicyclic) bond motifs is 3. The first-order chi connectivity index (χ1) is 20.5. The zero-order chi connectivity index (χ0) is 28.6. The molecule has 8 heteroatoms. The third kappa shape index (κ3) is 5.06. The smallest absolute Gasteiger partial charge is 0.161 e. The molecule has 4 aromatic rings. The number of benzene rings is 3. The summed E-state index contributed by atoms with van der Waals surface area (Å²) in [6.07, 6.45) is -0.0190. The molecule has 3 aliphatic heterocycles. The molecule has 7 rings (SSSR count). The van der Waals surface area contributed by atoms with Crippen molar-refractivity contribution in [1.82, 2.24) is 9.88 Å². The van der Waals surface area contributed by atoms with E-state index in [-0.39, 0.29) is 30.7 Å². The summed E-state index contributed by atoms with van der Waals surface area (Å²) in [5.41, 5.74) is 5.16. The topological polar surface area (TPSA) is 93.5 Å². The highest BCUT2D eigenvalue weighted by Gasteiger charge is 2.48. The Morgan fingerprint density at radius 2 is 1.83 bits per heavy atom. The van der Waals surface area contributed by atoms with Crippen LogP contribution in [0.3, 0.4) is 0 Å². The number of nitrogens with zero attached hydrogens (tertiary/aromatic N) is 3. The average Bonchev–Trinajstić information content (AvgIpc) is 3.58. The van der Waals surface area contributed by atoms with Gasteiger partial charge in [0.05, 0.1) is 35.7 Å². The number of hydrogen-bond donors (Lipinski definition) is 1. The van der Waals surface area contributed by atoms with E-state index in [9.17, 15) is 9.90 Å². The van der Waals surface area contributed by atoms with Crippen LogP contribution in [0.1, 0.15) is 34.1 Å². The van der Waals surface area contributed by atoms with E-state index in [0.717, 1.165) is 53.9 Å². The average molecular weight is 564 g/mol. The van der Waals surface area contributed by atoms with Crippen molar-refractivity contribution in [3.05, 3.63) is 101 Å². The largest absolute Gasteiger partial charge is 0.485 e. The fourth-order valence-corrected chi connectivity index (χ4v) is 6.28. The molecule has 1 aromatic heterocycles. The summed E-state index contributed by atoms with van der Waals surface area (Å²) < 4.78 is 17.8. The highest BCUT2D eigenvalue weighted by Crippen LogP contribution is 2.33. The monoisotopic (exact) mass is 563 g/mol. The first-order valence-corrected chi connectivity index (χ1v) is 14.5. The Morgan fingerprint density at radius 1 is 1.02 bits per heavy atom. The molecule has 0 bridgehead atoms. The van der Waals surface area contributed by atoms with Crippen molar-refractivity contribution in [2.75, 3.05) is 26.3 Å². The maximum Gasteiger partial charge on any atom is 0.161 e. The number of ketones is 1. The van der Waals surface area contributed by atoms with Gasteiger partial charge in [-0.25, -0.2) is 4.99 Å². The van der Waals surface area contributed by atoms with Gasteiger partial charge in [-0.1, -0.05) is 54.6 Å². The Morgan fingerprint density at radius 3 is 2.69 bits per heavy atom. The van der Waals surface area contributed by atoms with Crippen molar-refractivity contribution < 1.29 is 24.1 Å². The van der Waals surface area contributed by atoms with Crippen LogP contribution in [0.2, 0.25) is 0 Å². The van der Waals surface area contributed by atoms with E-state index in [1.54, 1.807) is 6.92 Å². The van der Waals surface area contributed by atoms with Crippen LogP contribution < -0.4 is 4.74 Å². The van der Waals surface area contributed by atoms with Gasteiger partial charge in [0.1, 0.15) is 29.9 Å². The maximum atomic E-state index is 13.2. The van der Waals surface area contributed by atoms with Crippen LogP contribution in [0.4, 0.5) is 5.69 Å². The molecule has 3 aromatic carbocycles. The van der Waals surface area contributed by atoms with E-state index >= 15 is 0 Å². The van der Waals surface area contributed by atoms with Crippen molar-refractivity contribution in [2.24, 2.45) is 4.99 Å². The second-order valence-electron chi connectivity index (χ2n) is 11.1. The standard InChI is InChI=1S/C34H33N3O5/c1-21(38)30-25-12-5-6-13-26(25)36-27-15-17-37(16-14-22-8-3-2-4-9-22)34(31(27)30)35-23-10-7-11-24(18-23)42-29-20-41-32-28(39)19-40-33(29)32/h2-13,18,28-29,32-33,39H,14-17,19-20H2,1H3/b35-34-/t28-,29-,32+,33+/m0/s1. The number of rotatable bonds is 7. The van der Waals surface area contributed by atoms with E-state index in [2.05, 4.69) is 29.2 Å². The Bertz CT molecular complexity index is 1660. The third-order valence-electron chi connectivity index (χ3n) is 8.30. The number of para-hydroxylation sites is 1. The molecule has 0 radical (unpaired) electrons. The highest BCUT2D eigenvalue weighted by molar-refractivity contribution is 6.17. The zero-order valence-corrected chi connectivity index (χ0v) is 23.5. The number of aliphatic imine (C=N–C) groups is 1. The predicted molar refractivity (Wildman–Crippen MR) is 160 cm³/mol. The van der Waals surface area contributed by atoms with Crippen molar-refractivity contribution in [1.29, 1.82) is 0 Å². The van der Waals surface area contributed by atoms with Gasteiger partial charge in [-0.15, -0.1) is 0 Å². The van der Waals surface area contributed by atoms with E-state index < -0.39 is 6.10 Å². The molecule has 0 unspecified atom stereocenters. The minimum absolute atomic E-state index is 0.00548. The summed E-state index contributed by atoms with van der Waals surface area (Å²) in [7, 11) is 0. The van der Waals surface area contributed by atoms with Crippen LogP contribution in [0.5, 0.6) is 5.75 Å². The molecule has 0 saturated carbocycles. The number of Topliss-reactive ketones (excluding diaryl/α,β-unsaturated/α-hetero) is 1. The number of amidine groups is 1. The molecule has 1 N–H and O–H groups in total. The summed E-state index contributed by atoms with van der Waals surface area (Å²) in [5, 5.41) is 10.9. The lowest BCUT2D eigenvalue weighted by atomic mass is 9.92. The summed E-state index contributed by atoms with van der Waals surface area (Å²) in [5.74, 6) is 1.39. The molecule has 4 heterocycles. The SMILES string of the molecule is CC(=O)c1c2c(nc3ccccc13)CCN(CCc1ccccc1)/C2=N\c1cccc(O[C@H]2CO[C@H]3[C@@H]2OC[C@@H]3O)c1. The van der Waals surface area contributed by atoms with E-state index in [0.29, 0.717) is 23.6 Å². The fourth-order valence-electron chi connectivity index (χ4n) is 6.28. The lowest BCUT2D eigenvalue weighted by Gasteiger charge is -2.33. The molecule has 2 saturated heterocycles. The third-order valence-corrected chi connectivity index (χ3v) is 8.30. The van der Waals surface area contributed by atoms with Crippen molar-refractivity contribution >= 4 is 28.2 Å². The second kappa shape index (κ2) is 11.3. The van der Waals surface area contributed by atoms with E-state index in [1.807, 2.05) is 54.6 Å². The molecule has 42 heavy (non-hydrogen) atoms. The van der Waals surface area contributed by atoms with Gasteiger partial charge in [0, 0.05) is 36.5 Å². The Balaban J connectivity index is 1.27. The molecule has 0 aliphatic carbocycles. The van der Waals surface area contributed by atoms with Crippen LogP contribution in [-0.2, 0) is 22.3 Å². The summed E-state index contributed by atoms with van der Waals surface area (Å²) in [6.45, 7) is 3.73. The Labute approximate surface area is 244 Å². The maximum absolute atomic E-state index is 13.2. The number of pyridine rings is 1. The second-order valence-corrected chi connectivity index (χ2v) is 11.1. The molecule has 214 valence electrons. The molecule has 4 atom stereocenters. The van der Waals surface area contributed by atoms with Crippen molar-refractivity contribution in [2.45, 2.75) is 44.2 Å². The predicted octanol–water partition coefficient (Wildman–Crippen LogP) is 4.52. The first kappa shape index (κ1) is 26.8. The van der Waals surface area contributed by atoms with Crippen LogP contribution >= 0.6 is 0 Å². The van der Waals surface area contributed by atoms with Crippen molar-refractivity contribution in [3.63, 3.8) is 0 Å². The van der Waals surface area contributed by atoms with Gasteiger partial charge in [0.15, 0.2) is 11.9 Å². The van der Waals surface area contributed by atoms with Gasteiger partial charge in [-0.05, 0) is 37.1 Å². The van der Waals surface area contributed by atoms with Gasteiger partial charge < -0.3 is 24.2 Å². The number of ether oxygens (including phenoxy) is 3. The molecular weight excluding hydrogens is 530 g/mol. The highest BCUT2D eigenvalue weighted by atomic mass is 16.6. The van der Waals surface area contributed by atoms with E-state index in [4.69, 9.17) is 24.2 Å². The van der Waals surface area contributed by atoms with Crippen molar-refractivity contribution in [3.8, 4) is 5.75 Å². The van der Waals surface area contributed by atoms with Crippen LogP contribution in [-0.4, -0.2) is 77.3 Å². The quantitative estimate of drug-likeness (QED) is 0.331. The number of aliphatic hydroxyl groups is 1. The number of hydrogen-bond acceptors (Lipinski definition) is 7.